The van der Waals surface area contributed by atoms with Crippen LogP contribution in [0.4, 0.5) is 4.79 Å². The fraction of sp³-hybridized carbons (Fsp3) is 0.273. The number of urea groups is 1. The summed E-state index contributed by atoms with van der Waals surface area (Å²) in [4.78, 5) is 49.8. The molecule has 2 aliphatic heterocycles. The lowest BCUT2D eigenvalue weighted by Gasteiger charge is -2.57. The molecule has 6 rings (SSSR count). The van der Waals surface area contributed by atoms with Crippen LogP contribution in [0.25, 0.3) is 10.9 Å². The van der Waals surface area contributed by atoms with E-state index in [0.717, 1.165) is 27.6 Å². The van der Waals surface area contributed by atoms with Crippen molar-refractivity contribution >= 4 is 28.7 Å². The Morgan fingerprint density at radius 2 is 1.60 bits per heavy atom. The van der Waals surface area contributed by atoms with Gasteiger partial charge in [-0.3, -0.25) is 14.6 Å². The molecular formula is C33H34N6O3. The topological polar surface area (TPSA) is 89.1 Å². The van der Waals surface area contributed by atoms with Crippen molar-refractivity contribution in [1.82, 2.24) is 30.1 Å². The number of hydrogen-bond donors (Lipinski definition) is 1. The molecule has 2 saturated heterocycles. The van der Waals surface area contributed by atoms with Crippen LogP contribution in [0.1, 0.15) is 23.6 Å². The van der Waals surface area contributed by atoms with Gasteiger partial charge in [-0.25, -0.2) is 14.8 Å². The molecule has 4 aromatic rings. The van der Waals surface area contributed by atoms with Gasteiger partial charge in [0, 0.05) is 38.1 Å². The molecule has 214 valence electrons. The number of hydrazine groups is 1. The normalized spacial score (nSPS) is 21.0. The van der Waals surface area contributed by atoms with Crippen LogP contribution in [-0.2, 0) is 29.1 Å². The van der Waals surface area contributed by atoms with Gasteiger partial charge in [0.25, 0.3) is 0 Å². The molecule has 9 nitrogen and oxygen atoms in total. The quantitative estimate of drug-likeness (QED) is 0.386. The van der Waals surface area contributed by atoms with Crippen LogP contribution in [0.15, 0.2) is 97.2 Å². The Morgan fingerprint density at radius 3 is 2.33 bits per heavy atom. The second-order valence-electron chi connectivity index (χ2n) is 10.9. The Morgan fingerprint density at radius 1 is 0.905 bits per heavy atom. The number of nitrogens with zero attached hydrogens (tertiary/aromatic N) is 5. The molecule has 9 heteroatoms. The number of benzene rings is 3. The van der Waals surface area contributed by atoms with Gasteiger partial charge in [-0.2, -0.15) is 0 Å². The zero-order valence-electron chi connectivity index (χ0n) is 23.8. The summed E-state index contributed by atoms with van der Waals surface area (Å²) < 4.78 is 0. The first kappa shape index (κ1) is 27.4. The molecule has 2 fully saturated rings. The smallest absolute Gasteiger partial charge is 0.333 e. The first-order valence-corrected chi connectivity index (χ1v) is 14.2. The minimum Gasteiger partial charge on any atom is -0.333 e. The highest BCUT2D eigenvalue weighted by atomic mass is 16.2. The molecule has 0 aliphatic carbocycles. The standard InChI is InChI=1S/C33H34N6O3/c1-23-31-38(29(40)22-36(2)39(31)33(42)35-20-25-13-7-4-8-14-25)28(19-24-11-5-3-6-12-24)32(41)37(23)21-27-16-9-15-26-17-10-18-34-30(26)27/h3-18,23,28,31H,19-22H2,1-2H3,(H,35,42)/t23-,28-,31-/m0/s1. The van der Waals surface area contributed by atoms with Crippen molar-refractivity contribution in [2.45, 2.75) is 44.7 Å². The zero-order valence-corrected chi connectivity index (χ0v) is 23.8. The molecule has 1 N–H and O–H groups in total. The van der Waals surface area contributed by atoms with E-state index in [-0.39, 0.29) is 24.4 Å². The second-order valence-corrected chi connectivity index (χ2v) is 10.9. The molecule has 0 bridgehead atoms. The van der Waals surface area contributed by atoms with Crippen LogP contribution in [0, 0.1) is 0 Å². The summed E-state index contributed by atoms with van der Waals surface area (Å²) in [5.74, 6) is -0.319. The van der Waals surface area contributed by atoms with E-state index in [1.54, 1.807) is 28.2 Å². The lowest BCUT2D eigenvalue weighted by atomic mass is 9.94. The van der Waals surface area contributed by atoms with Crippen molar-refractivity contribution in [2.24, 2.45) is 0 Å². The molecular weight excluding hydrogens is 528 g/mol. The maximum atomic E-state index is 14.3. The average Bonchev–Trinajstić information content (AvgIpc) is 3.01. The minimum atomic E-state index is -0.762. The Labute approximate surface area is 245 Å². The molecule has 1 aromatic heterocycles. The SMILES string of the molecule is C[C@H]1[C@H]2N(C(=O)CN(C)N2C(=O)NCc2ccccc2)[C@@H](Cc2ccccc2)C(=O)N1Cc1cccc2cccnc12. The Kier molecular flexibility index (Phi) is 7.58. The van der Waals surface area contributed by atoms with E-state index in [4.69, 9.17) is 0 Å². The highest BCUT2D eigenvalue weighted by Gasteiger charge is 2.54. The number of aromatic nitrogens is 1. The van der Waals surface area contributed by atoms with Crippen molar-refractivity contribution in [2.75, 3.05) is 13.6 Å². The van der Waals surface area contributed by atoms with E-state index in [1.165, 1.54) is 0 Å². The van der Waals surface area contributed by atoms with E-state index in [9.17, 15) is 14.4 Å². The summed E-state index contributed by atoms with van der Waals surface area (Å²) >= 11 is 0. The number of nitrogens with one attached hydrogen (secondary N) is 1. The number of fused-ring (bicyclic) bond motifs is 2. The maximum absolute atomic E-state index is 14.3. The van der Waals surface area contributed by atoms with E-state index in [2.05, 4.69) is 10.3 Å². The molecule has 0 unspecified atom stereocenters. The van der Waals surface area contributed by atoms with Crippen LogP contribution in [0.2, 0.25) is 0 Å². The number of likely N-dealkylation sites (N-methyl/N-ethyl adjacent to an activating group) is 1. The van der Waals surface area contributed by atoms with Gasteiger partial charge in [0.15, 0.2) is 0 Å². The molecule has 0 radical (unpaired) electrons. The molecule has 2 aliphatic rings. The van der Waals surface area contributed by atoms with Gasteiger partial charge in [0.1, 0.15) is 12.2 Å². The molecule has 3 atom stereocenters. The highest BCUT2D eigenvalue weighted by Crippen LogP contribution is 2.33. The van der Waals surface area contributed by atoms with Crippen LogP contribution in [0.5, 0.6) is 0 Å². The van der Waals surface area contributed by atoms with Gasteiger partial charge in [-0.15, -0.1) is 0 Å². The van der Waals surface area contributed by atoms with E-state index >= 15 is 0 Å². The van der Waals surface area contributed by atoms with Gasteiger partial charge >= 0.3 is 6.03 Å². The minimum absolute atomic E-state index is 0.00616. The summed E-state index contributed by atoms with van der Waals surface area (Å²) in [6.45, 7) is 2.56. The summed E-state index contributed by atoms with van der Waals surface area (Å²) in [7, 11) is 1.74. The number of hydrogen-bond acceptors (Lipinski definition) is 5. The van der Waals surface area contributed by atoms with Gasteiger partial charge in [0.2, 0.25) is 11.8 Å². The number of para-hydroxylation sites is 1. The van der Waals surface area contributed by atoms with Crippen molar-refractivity contribution in [3.63, 3.8) is 0 Å². The Hall–Kier alpha value is -4.76. The number of piperazine rings is 1. The summed E-state index contributed by atoms with van der Waals surface area (Å²) in [6, 6.07) is 27.7. The molecule has 3 heterocycles. The molecule has 0 saturated carbocycles. The fourth-order valence-corrected chi connectivity index (χ4v) is 6.14. The first-order valence-electron chi connectivity index (χ1n) is 14.2. The van der Waals surface area contributed by atoms with E-state index in [1.807, 2.05) is 103 Å². The summed E-state index contributed by atoms with van der Waals surface area (Å²) in [5.41, 5.74) is 3.66. The molecule has 3 aromatic carbocycles. The summed E-state index contributed by atoms with van der Waals surface area (Å²) in [6.07, 6.45) is 1.41. The largest absolute Gasteiger partial charge is 0.334 e. The van der Waals surface area contributed by atoms with Crippen molar-refractivity contribution in [3.8, 4) is 0 Å². The third kappa shape index (κ3) is 5.19. The highest BCUT2D eigenvalue weighted by molar-refractivity contribution is 5.92. The molecule has 4 amide bonds. The number of rotatable bonds is 6. The predicted molar refractivity (Wildman–Crippen MR) is 159 cm³/mol. The third-order valence-electron chi connectivity index (χ3n) is 8.21. The lowest BCUT2D eigenvalue weighted by molar-refractivity contribution is -0.196. The molecule has 42 heavy (non-hydrogen) atoms. The van der Waals surface area contributed by atoms with Crippen LogP contribution >= 0.6 is 0 Å². The van der Waals surface area contributed by atoms with Gasteiger partial charge in [-0.1, -0.05) is 84.9 Å². The van der Waals surface area contributed by atoms with Gasteiger partial charge in [0.05, 0.1) is 18.1 Å². The van der Waals surface area contributed by atoms with E-state index in [0.29, 0.717) is 19.5 Å². The fourth-order valence-electron chi connectivity index (χ4n) is 6.14. The third-order valence-corrected chi connectivity index (χ3v) is 8.21. The van der Waals surface area contributed by atoms with Crippen molar-refractivity contribution in [3.05, 3.63) is 114 Å². The second kappa shape index (κ2) is 11.6. The Balaban J connectivity index is 1.37. The summed E-state index contributed by atoms with van der Waals surface area (Å²) in [5, 5.41) is 7.28. The van der Waals surface area contributed by atoms with Crippen LogP contribution in [0.3, 0.4) is 0 Å². The average molecular weight is 563 g/mol. The van der Waals surface area contributed by atoms with Crippen LogP contribution < -0.4 is 5.32 Å². The molecule has 0 spiro atoms. The predicted octanol–water partition coefficient (Wildman–Crippen LogP) is 3.80. The number of carbonyl (C=O) groups is 3. The lowest BCUT2D eigenvalue weighted by Crippen LogP contribution is -2.78. The van der Waals surface area contributed by atoms with Crippen molar-refractivity contribution < 1.29 is 14.4 Å². The van der Waals surface area contributed by atoms with E-state index < -0.39 is 18.2 Å². The Bertz CT molecular complexity index is 1590. The number of pyridine rings is 1. The number of amides is 4. The monoisotopic (exact) mass is 562 g/mol. The van der Waals surface area contributed by atoms with Crippen LogP contribution in [-0.4, -0.2) is 74.5 Å². The maximum Gasteiger partial charge on any atom is 0.334 e. The van der Waals surface area contributed by atoms with Crippen molar-refractivity contribution in [1.29, 1.82) is 0 Å². The van der Waals surface area contributed by atoms with Gasteiger partial charge < -0.3 is 15.1 Å². The number of carbonyl (C=O) groups excluding carboxylic acids is 3. The zero-order chi connectivity index (χ0) is 29.2. The van der Waals surface area contributed by atoms with Gasteiger partial charge in [-0.05, 0) is 29.7 Å². The first-order chi connectivity index (χ1) is 20.4.